The average molecular weight is 334 g/mol. The van der Waals surface area contributed by atoms with Crippen LogP contribution in [0.1, 0.15) is 33.1 Å². The molecular weight excluding hydrogens is 304 g/mol. The van der Waals surface area contributed by atoms with Crippen LogP contribution < -0.4 is 0 Å². The van der Waals surface area contributed by atoms with Gasteiger partial charge in [0.25, 0.3) is 0 Å². The highest BCUT2D eigenvalue weighted by Crippen LogP contribution is 2.29. The zero-order chi connectivity index (χ0) is 17.6. The van der Waals surface area contributed by atoms with Crippen molar-refractivity contribution >= 4 is 0 Å². The van der Waals surface area contributed by atoms with E-state index in [2.05, 4.69) is 6.58 Å². The predicted octanol–water partition coefficient (Wildman–Crippen LogP) is -0.454. The van der Waals surface area contributed by atoms with E-state index in [0.717, 1.165) is 12.8 Å². The summed E-state index contributed by atoms with van der Waals surface area (Å²) in [5.74, 6) is 0.191. The molecule has 1 rings (SSSR count). The number of rotatable bonds is 9. The van der Waals surface area contributed by atoms with Gasteiger partial charge in [-0.05, 0) is 32.1 Å². The summed E-state index contributed by atoms with van der Waals surface area (Å²) in [6.07, 6.45) is -2.69. The fraction of sp³-hybridized carbons (Fsp3) is 0.875. The molecule has 7 nitrogen and oxygen atoms in total. The SMILES string of the molecule is C=C[C@](C)(CCCC(C)CO)O[C@@H]1O[C@H](CO)[C@@H](O)[C@H](O)[C@H]1O. The Labute approximate surface area is 137 Å². The molecular formula is C16H30O7. The Morgan fingerprint density at radius 1 is 1.22 bits per heavy atom. The minimum absolute atomic E-state index is 0.123. The molecule has 1 heterocycles. The van der Waals surface area contributed by atoms with Crippen LogP contribution in [0.4, 0.5) is 0 Å². The summed E-state index contributed by atoms with van der Waals surface area (Å²) in [4.78, 5) is 0. The average Bonchev–Trinajstić information content (AvgIpc) is 2.55. The largest absolute Gasteiger partial charge is 0.396 e. The Kier molecular flexibility index (Phi) is 8.09. The van der Waals surface area contributed by atoms with Gasteiger partial charge in [-0.1, -0.05) is 13.0 Å². The maximum Gasteiger partial charge on any atom is 0.187 e. The number of hydrogen-bond donors (Lipinski definition) is 5. The van der Waals surface area contributed by atoms with Crippen LogP contribution in [-0.4, -0.2) is 75.1 Å². The topological polar surface area (TPSA) is 120 Å². The Bertz CT molecular complexity index is 362. The van der Waals surface area contributed by atoms with Crippen molar-refractivity contribution in [3.05, 3.63) is 12.7 Å². The molecule has 0 bridgehead atoms. The number of aliphatic hydroxyl groups is 5. The van der Waals surface area contributed by atoms with Crippen molar-refractivity contribution in [2.24, 2.45) is 5.92 Å². The first-order valence-electron chi connectivity index (χ1n) is 8.00. The van der Waals surface area contributed by atoms with Gasteiger partial charge in [0.15, 0.2) is 6.29 Å². The Hall–Kier alpha value is -0.540. The lowest BCUT2D eigenvalue weighted by Gasteiger charge is -2.42. The highest BCUT2D eigenvalue weighted by atomic mass is 16.7. The molecule has 23 heavy (non-hydrogen) atoms. The molecule has 1 unspecified atom stereocenters. The van der Waals surface area contributed by atoms with E-state index < -0.39 is 42.9 Å². The van der Waals surface area contributed by atoms with E-state index in [1.165, 1.54) is 0 Å². The van der Waals surface area contributed by atoms with Gasteiger partial charge in [0.1, 0.15) is 24.4 Å². The third kappa shape index (κ3) is 5.49. The van der Waals surface area contributed by atoms with E-state index in [4.69, 9.17) is 14.6 Å². The molecule has 0 spiro atoms. The van der Waals surface area contributed by atoms with Crippen LogP contribution >= 0.6 is 0 Å². The fourth-order valence-electron chi connectivity index (χ4n) is 2.53. The Balaban J connectivity index is 2.66. The molecule has 0 radical (unpaired) electrons. The summed E-state index contributed by atoms with van der Waals surface area (Å²) >= 11 is 0. The van der Waals surface area contributed by atoms with Crippen LogP contribution in [0.5, 0.6) is 0 Å². The molecule has 0 saturated carbocycles. The molecule has 7 atom stereocenters. The summed E-state index contributed by atoms with van der Waals surface area (Å²) in [6, 6.07) is 0. The van der Waals surface area contributed by atoms with E-state index in [9.17, 15) is 20.4 Å². The molecule has 5 N–H and O–H groups in total. The third-order valence-corrected chi connectivity index (χ3v) is 4.35. The summed E-state index contributed by atoms with van der Waals surface area (Å²) in [5.41, 5.74) is -0.803. The maximum atomic E-state index is 10.0. The van der Waals surface area contributed by atoms with Gasteiger partial charge in [0, 0.05) is 6.61 Å². The zero-order valence-electron chi connectivity index (χ0n) is 13.8. The minimum atomic E-state index is -1.46. The number of ether oxygens (including phenoxy) is 2. The van der Waals surface area contributed by atoms with Gasteiger partial charge >= 0.3 is 0 Å². The predicted molar refractivity (Wildman–Crippen MR) is 83.6 cm³/mol. The van der Waals surface area contributed by atoms with Gasteiger partial charge in [-0.25, -0.2) is 0 Å². The van der Waals surface area contributed by atoms with Crippen LogP contribution in [0.2, 0.25) is 0 Å². The van der Waals surface area contributed by atoms with E-state index in [1.54, 1.807) is 13.0 Å². The summed E-state index contributed by atoms with van der Waals surface area (Å²) < 4.78 is 11.1. The van der Waals surface area contributed by atoms with Crippen LogP contribution in [0, 0.1) is 5.92 Å². The van der Waals surface area contributed by atoms with Gasteiger partial charge < -0.3 is 35.0 Å². The highest BCUT2D eigenvalue weighted by molar-refractivity contribution is 4.96. The summed E-state index contributed by atoms with van der Waals surface area (Å²) in [7, 11) is 0. The molecule has 0 aromatic carbocycles. The van der Waals surface area contributed by atoms with Crippen LogP contribution in [-0.2, 0) is 9.47 Å². The van der Waals surface area contributed by atoms with Gasteiger partial charge in [-0.3, -0.25) is 0 Å². The van der Waals surface area contributed by atoms with Crippen molar-refractivity contribution in [2.75, 3.05) is 13.2 Å². The number of aliphatic hydroxyl groups excluding tert-OH is 5. The second-order valence-corrected chi connectivity index (χ2v) is 6.51. The molecule has 136 valence electrons. The van der Waals surface area contributed by atoms with Crippen LogP contribution in [0.3, 0.4) is 0 Å². The van der Waals surface area contributed by atoms with Gasteiger partial charge in [0.05, 0.1) is 12.2 Å². The lowest BCUT2D eigenvalue weighted by Crippen LogP contribution is -2.60. The first kappa shape index (κ1) is 20.5. The molecule has 7 heteroatoms. The first-order valence-corrected chi connectivity index (χ1v) is 8.00. The molecule has 1 aliphatic rings. The lowest BCUT2D eigenvalue weighted by molar-refractivity contribution is -0.319. The molecule has 1 saturated heterocycles. The smallest absolute Gasteiger partial charge is 0.187 e. The van der Waals surface area contributed by atoms with Crippen molar-refractivity contribution in [1.29, 1.82) is 0 Å². The van der Waals surface area contributed by atoms with Crippen molar-refractivity contribution in [3.63, 3.8) is 0 Å². The summed E-state index contributed by atoms with van der Waals surface area (Å²) in [5, 5.41) is 47.8. The van der Waals surface area contributed by atoms with Crippen molar-refractivity contribution in [2.45, 2.75) is 69.4 Å². The van der Waals surface area contributed by atoms with Crippen molar-refractivity contribution < 1.29 is 35.0 Å². The van der Waals surface area contributed by atoms with E-state index >= 15 is 0 Å². The van der Waals surface area contributed by atoms with Crippen LogP contribution in [0.15, 0.2) is 12.7 Å². The lowest BCUT2D eigenvalue weighted by atomic mass is 9.94. The number of hydrogen-bond acceptors (Lipinski definition) is 7. The molecule has 0 aromatic heterocycles. The van der Waals surface area contributed by atoms with E-state index in [0.29, 0.717) is 6.42 Å². The Morgan fingerprint density at radius 3 is 2.39 bits per heavy atom. The monoisotopic (exact) mass is 334 g/mol. The van der Waals surface area contributed by atoms with Crippen LogP contribution in [0.25, 0.3) is 0 Å². The normalized spacial score (nSPS) is 35.5. The fourth-order valence-corrected chi connectivity index (χ4v) is 2.53. The minimum Gasteiger partial charge on any atom is -0.396 e. The highest BCUT2D eigenvalue weighted by Gasteiger charge is 2.45. The molecule has 1 aliphatic heterocycles. The third-order valence-electron chi connectivity index (χ3n) is 4.35. The van der Waals surface area contributed by atoms with Crippen molar-refractivity contribution in [3.8, 4) is 0 Å². The second-order valence-electron chi connectivity index (χ2n) is 6.51. The molecule has 0 aromatic rings. The Morgan fingerprint density at radius 2 is 1.87 bits per heavy atom. The van der Waals surface area contributed by atoms with E-state index in [-0.39, 0.29) is 12.5 Å². The molecule has 0 aliphatic carbocycles. The second kappa shape index (κ2) is 9.08. The van der Waals surface area contributed by atoms with Gasteiger partial charge in [-0.2, -0.15) is 0 Å². The first-order chi connectivity index (χ1) is 10.8. The summed E-state index contributed by atoms with van der Waals surface area (Å²) in [6.45, 7) is 7.10. The van der Waals surface area contributed by atoms with Gasteiger partial charge in [-0.15, -0.1) is 6.58 Å². The zero-order valence-corrected chi connectivity index (χ0v) is 13.8. The maximum absolute atomic E-state index is 10.0. The van der Waals surface area contributed by atoms with Gasteiger partial charge in [0.2, 0.25) is 0 Å². The van der Waals surface area contributed by atoms with E-state index in [1.807, 2.05) is 6.92 Å². The quantitative estimate of drug-likeness (QED) is 0.362. The van der Waals surface area contributed by atoms with Crippen molar-refractivity contribution in [1.82, 2.24) is 0 Å². The molecule has 0 amide bonds. The standard InChI is InChI=1S/C16H30O7/c1-4-16(3,7-5-6-10(2)8-17)23-15-14(21)13(20)12(19)11(9-18)22-15/h4,10-15,17-21H,1,5-9H2,2-3H3/t10?,11-,12-,13+,14-,15+,16-/m1/s1. The molecule has 1 fully saturated rings.